The molecule has 3 rings (SSSR count). The van der Waals surface area contributed by atoms with Gasteiger partial charge < -0.3 is 14.2 Å². The van der Waals surface area contributed by atoms with Crippen molar-refractivity contribution in [3.05, 3.63) is 48.0 Å². The zero-order chi connectivity index (χ0) is 20.4. The molecule has 0 bridgehead atoms. The molecule has 2 aliphatic rings. The first-order valence-corrected chi connectivity index (χ1v) is 9.73. The molecule has 1 fully saturated rings. The Bertz CT molecular complexity index is 802. The Morgan fingerprint density at radius 1 is 1.21 bits per heavy atom. The SMILES string of the molecule is C/C=C\[C@@H]1C[C@@]2(C(=O)OCC)[C@H](OC(C)=O)C(OCC)=N[C@@]12c1ccccc1. The lowest BCUT2D eigenvalue weighted by Gasteiger charge is -2.57. The van der Waals surface area contributed by atoms with Crippen molar-refractivity contribution < 1.29 is 23.8 Å². The molecule has 6 heteroatoms. The number of allylic oxidation sites excluding steroid dienone is 1. The van der Waals surface area contributed by atoms with Gasteiger partial charge in [-0.05, 0) is 32.8 Å². The van der Waals surface area contributed by atoms with Gasteiger partial charge in [-0.3, -0.25) is 9.59 Å². The number of nitrogens with zero attached hydrogens (tertiary/aromatic N) is 1. The molecule has 0 unspecified atom stereocenters. The van der Waals surface area contributed by atoms with Crippen LogP contribution in [0.4, 0.5) is 0 Å². The van der Waals surface area contributed by atoms with Gasteiger partial charge in [0.25, 0.3) is 0 Å². The van der Waals surface area contributed by atoms with E-state index in [9.17, 15) is 9.59 Å². The minimum Gasteiger partial charge on any atom is -0.479 e. The Balaban J connectivity index is 2.25. The summed E-state index contributed by atoms with van der Waals surface area (Å²) < 4.78 is 16.9. The van der Waals surface area contributed by atoms with E-state index in [4.69, 9.17) is 19.2 Å². The fourth-order valence-electron chi connectivity index (χ4n) is 4.63. The minimum atomic E-state index is -1.15. The highest BCUT2D eigenvalue weighted by molar-refractivity contribution is 5.98. The molecule has 0 aromatic heterocycles. The van der Waals surface area contributed by atoms with E-state index in [0.29, 0.717) is 13.0 Å². The second kappa shape index (κ2) is 7.78. The van der Waals surface area contributed by atoms with E-state index >= 15 is 0 Å². The molecule has 150 valence electrons. The molecule has 0 N–H and O–H groups in total. The van der Waals surface area contributed by atoms with Crippen LogP contribution in [0.5, 0.6) is 0 Å². The van der Waals surface area contributed by atoms with Crippen LogP contribution in [0.15, 0.2) is 47.5 Å². The average molecular weight is 385 g/mol. The van der Waals surface area contributed by atoms with Crippen LogP contribution in [0.2, 0.25) is 0 Å². The van der Waals surface area contributed by atoms with Crippen molar-refractivity contribution in [1.82, 2.24) is 0 Å². The van der Waals surface area contributed by atoms with Crippen LogP contribution in [0.3, 0.4) is 0 Å². The number of hydrogen-bond acceptors (Lipinski definition) is 6. The molecular weight excluding hydrogens is 358 g/mol. The van der Waals surface area contributed by atoms with E-state index in [2.05, 4.69) is 0 Å². The quantitative estimate of drug-likeness (QED) is 0.554. The summed E-state index contributed by atoms with van der Waals surface area (Å²) in [6.45, 7) is 7.46. The van der Waals surface area contributed by atoms with Gasteiger partial charge in [0.05, 0.1) is 13.2 Å². The van der Waals surface area contributed by atoms with Crippen molar-refractivity contribution in [2.45, 2.75) is 45.8 Å². The third-order valence-corrected chi connectivity index (χ3v) is 5.57. The molecular formula is C22H27NO5. The molecule has 4 atom stereocenters. The summed E-state index contributed by atoms with van der Waals surface area (Å²) in [6, 6.07) is 9.65. The lowest BCUT2D eigenvalue weighted by Crippen LogP contribution is -2.67. The highest BCUT2D eigenvalue weighted by atomic mass is 16.6. The van der Waals surface area contributed by atoms with Gasteiger partial charge in [-0.1, -0.05) is 42.5 Å². The normalized spacial score (nSPS) is 30.9. The smallest absolute Gasteiger partial charge is 0.319 e. The van der Waals surface area contributed by atoms with Gasteiger partial charge in [0.2, 0.25) is 5.90 Å². The first-order valence-electron chi connectivity index (χ1n) is 9.73. The van der Waals surface area contributed by atoms with E-state index in [0.717, 1.165) is 5.56 Å². The van der Waals surface area contributed by atoms with Crippen LogP contribution in [0.25, 0.3) is 0 Å². The summed E-state index contributed by atoms with van der Waals surface area (Å²) in [5, 5.41) is 0. The number of carbonyl (C=O) groups is 2. The molecule has 1 saturated carbocycles. The Labute approximate surface area is 165 Å². The van der Waals surface area contributed by atoms with Crippen molar-refractivity contribution in [3.8, 4) is 0 Å². The van der Waals surface area contributed by atoms with Crippen LogP contribution in [0, 0.1) is 11.3 Å². The highest BCUT2D eigenvalue weighted by Gasteiger charge is 2.79. The molecule has 1 heterocycles. The fourth-order valence-corrected chi connectivity index (χ4v) is 4.63. The van der Waals surface area contributed by atoms with Crippen molar-refractivity contribution >= 4 is 17.8 Å². The lowest BCUT2D eigenvalue weighted by atomic mass is 9.45. The molecule has 1 aliphatic carbocycles. The zero-order valence-corrected chi connectivity index (χ0v) is 16.8. The predicted octanol–water partition coefficient (Wildman–Crippen LogP) is 3.41. The standard InChI is InChI=1S/C22H27NO5/c1-5-11-17-14-21(20(25)27-7-3)18(28-15(4)24)19(26-6-2)23-22(17,21)16-12-9-8-10-13-16/h5,8-13,17-18H,6-7,14H2,1-4H3/b11-5-/t17-,18-,21+,22+/m1/s1. The summed E-state index contributed by atoms with van der Waals surface area (Å²) >= 11 is 0. The van der Waals surface area contributed by atoms with E-state index in [1.54, 1.807) is 6.92 Å². The van der Waals surface area contributed by atoms with Crippen LogP contribution in [-0.4, -0.2) is 37.2 Å². The number of hydrogen-bond donors (Lipinski definition) is 0. The Hall–Kier alpha value is -2.63. The van der Waals surface area contributed by atoms with Crippen LogP contribution in [0.1, 0.15) is 39.7 Å². The van der Waals surface area contributed by atoms with E-state index in [1.165, 1.54) is 6.92 Å². The number of fused-ring (bicyclic) bond motifs is 1. The summed E-state index contributed by atoms with van der Waals surface area (Å²) in [6.07, 6.45) is 3.56. The summed E-state index contributed by atoms with van der Waals surface area (Å²) in [5.74, 6) is -0.661. The Kier molecular flexibility index (Phi) is 5.59. The fraction of sp³-hybridized carbons (Fsp3) is 0.500. The topological polar surface area (TPSA) is 74.2 Å². The van der Waals surface area contributed by atoms with Gasteiger partial charge in [0.1, 0.15) is 11.0 Å². The van der Waals surface area contributed by atoms with Crippen LogP contribution in [-0.2, 0) is 29.3 Å². The van der Waals surface area contributed by atoms with Crippen molar-refractivity contribution in [2.24, 2.45) is 16.3 Å². The first-order chi connectivity index (χ1) is 13.5. The molecule has 28 heavy (non-hydrogen) atoms. The molecule has 6 nitrogen and oxygen atoms in total. The largest absolute Gasteiger partial charge is 0.479 e. The zero-order valence-electron chi connectivity index (χ0n) is 16.8. The number of carbonyl (C=O) groups excluding carboxylic acids is 2. The van der Waals surface area contributed by atoms with Gasteiger partial charge in [0, 0.05) is 12.8 Å². The Morgan fingerprint density at radius 3 is 2.50 bits per heavy atom. The lowest BCUT2D eigenvalue weighted by molar-refractivity contribution is -0.192. The van der Waals surface area contributed by atoms with Crippen molar-refractivity contribution in [1.29, 1.82) is 0 Å². The second-order valence-corrected chi connectivity index (χ2v) is 7.03. The minimum absolute atomic E-state index is 0.0414. The van der Waals surface area contributed by atoms with Gasteiger partial charge in [-0.15, -0.1) is 0 Å². The number of aliphatic imine (C=N–C) groups is 1. The molecule has 0 spiro atoms. The van der Waals surface area contributed by atoms with Gasteiger partial charge >= 0.3 is 11.9 Å². The molecule has 1 aromatic carbocycles. The average Bonchev–Trinajstić information content (AvgIpc) is 2.87. The summed E-state index contributed by atoms with van der Waals surface area (Å²) in [7, 11) is 0. The maximum Gasteiger partial charge on any atom is 0.319 e. The van der Waals surface area contributed by atoms with E-state index in [-0.39, 0.29) is 18.4 Å². The van der Waals surface area contributed by atoms with Crippen molar-refractivity contribution in [3.63, 3.8) is 0 Å². The summed E-state index contributed by atoms with van der Waals surface area (Å²) in [5.41, 5.74) is -1.20. The second-order valence-electron chi connectivity index (χ2n) is 7.03. The van der Waals surface area contributed by atoms with Gasteiger partial charge in [-0.25, -0.2) is 4.99 Å². The predicted molar refractivity (Wildman–Crippen MR) is 105 cm³/mol. The van der Waals surface area contributed by atoms with Crippen LogP contribution < -0.4 is 0 Å². The first kappa shape index (κ1) is 20.1. The molecule has 0 amide bonds. The maximum absolute atomic E-state index is 13.3. The molecule has 0 saturated heterocycles. The number of benzene rings is 1. The molecule has 0 radical (unpaired) electrons. The number of rotatable bonds is 6. The number of esters is 2. The van der Waals surface area contributed by atoms with E-state index < -0.39 is 29.0 Å². The van der Waals surface area contributed by atoms with Gasteiger partial charge in [-0.2, -0.15) is 0 Å². The van der Waals surface area contributed by atoms with E-state index in [1.807, 2.05) is 56.3 Å². The highest BCUT2D eigenvalue weighted by Crippen LogP contribution is 2.69. The molecule has 1 aliphatic heterocycles. The third kappa shape index (κ3) is 2.74. The third-order valence-electron chi connectivity index (χ3n) is 5.57. The monoisotopic (exact) mass is 385 g/mol. The van der Waals surface area contributed by atoms with Gasteiger partial charge in [0.15, 0.2) is 6.10 Å². The Morgan fingerprint density at radius 2 is 1.93 bits per heavy atom. The summed E-state index contributed by atoms with van der Waals surface area (Å²) in [4.78, 5) is 30.2. The van der Waals surface area contributed by atoms with Crippen molar-refractivity contribution in [2.75, 3.05) is 13.2 Å². The maximum atomic E-state index is 13.3. The van der Waals surface area contributed by atoms with Crippen LogP contribution >= 0.6 is 0 Å². The molecule has 1 aromatic rings. The number of ether oxygens (including phenoxy) is 3.